The number of ether oxygens (including phenoxy) is 2. The lowest BCUT2D eigenvalue weighted by atomic mass is 10.1. The van der Waals surface area contributed by atoms with E-state index < -0.39 is 0 Å². The zero-order valence-electron chi connectivity index (χ0n) is 10.1. The lowest BCUT2D eigenvalue weighted by Gasteiger charge is -2.12. The molecule has 1 fully saturated rings. The number of rotatable bonds is 2. The molecule has 0 aliphatic carbocycles. The molecule has 1 N–H and O–H groups in total. The van der Waals surface area contributed by atoms with Crippen LogP contribution < -0.4 is 10.4 Å². The van der Waals surface area contributed by atoms with E-state index in [0.717, 1.165) is 30.5 Å². The molecule has 2 heterocycles. The molecule has 94 valence electrons. The average molecular weight is 246 g/mol. The minimum Gasteiger partial charge on any atom is -0.497 e. The highest BCUT2D eigenvalue weighted by atomic mass is 16.5. The van der Waals surface area contributed by atoms with E-state index in [1.807, 2.05) is 12.1 Å². The summed E-state index contributed by atoms with van der Waals surface area (Å²) in [6.45, 7) is 0.743. The summed E-state index contributed by atoms with van der Waals surface area (Å²) in [6, 6.07) is 5.54. The van der Waals surface area contributed by atoms with Crippen molar-refractivity contribution in [1.29, 1.82) is 0 Å². The molecule has 0 spiro atoms. The Labute approximate surface area is 104 Å². The van der Waals surface area contributed by atoms with Crippen molar-refractivity contribution in [1.82, 2.24) is 9.97 Å². The number of H-pyrrole nitrogens is 1. The predicted octanol–water partition coefficient (Wildman–Crippen LogP) is 1.78. The fraction of sp³-hybridized carbons (Fsp3) is 0.385. The number of aromatic nitrogens is 2. The average Bonchev–Trinajstić information content (AvgIpc) is 2.90. The molecule has 0 bridgehead atoms. The van der Waals surface area contributed by atoms with Gasteiger partial charge < -0.3 is 14.5 Å². The van der Waals surface area contributed by atoms with E-state index in [1.165, 1.54) is 0 Å². The first kappa shape index (κ1) is 11.2. The SMILES string of the molecule is COc1ccc2c(C3CCCO3)[nH]c(=O)nc2c1. The molecule has 18 heavy (non-hydrogen) atoms. The maximum atomic E-state index is 11.6. The van der Waals surface area contributed by atoms with Gasteiger partial charge in [-0.2, -0.15) is 4.98 Å². The lowest BCUT2D eigenvalue weighted by Crippen LogP contribution is -2.15. The Morgan fingerprint density at radius 3 is 3.11 bits per heavy atom. The molecule has 1 aromatic carbocycles. The summed E-state index contributed by atoms with van der Waals surface area (Å²) in [7, 11) is 1.59. The molecule has 2 aromatic rings. The molecule has 0 amide bonds. The predicted molar refractivity (Wildman–Crippen MR) is 66.8 cm³/mol. The van der Waals surface area contributed by atoms with Gasteiger partial charge in [0.25, 0.3) is 0 Å². The zero-order chi connectivity index (χ0) is 12.5. The summed E-state index contributed by atoms with van der Waals surface area (Å²) in [5, 5.41) is 0.919. The van der Waals surface area contributed by atoms with Crippen molar-refractivity contribution in [3.8, 4) is 5.75 Å². The Balaban J connectivity index is 2.20. The van der Waals surface area contributed by atoms with E-state index in [9.17, 15) is 4.79 Å². The molecule has 5 nitrogen and oxygen atoms in total. The van der Waals surface area contributed by atoms with Crippen molar-refractivity contribution in [3.63, 3.8) is 0 Å². The van der Waals surface area contributed by atoms with Gasteiger partial charge in [0.2, 0.25) is 0 Å². The quantitative estimate of drug-likeness (QED) is 0.877. The number of aromatic amines is 1. The number of fused-ring (bicyclic) bond motifs is 1. The number of nitrogens with one attached hydrogen (secondary N) is 1. The molecule has 1 saturated heterocycles. The van der Waals surface area contributed by atoms with Gasteiger partial charge in [0.1, 0.15) is 5.75 Å². The first-order valence-corrected chi connectivity index (χ1v) is 5.97. The first-order valence-electron chi connectivity index (χ1n) is 5.97. The van der Waals surface area contributed by atoms with Crippen molar-refractivity contribution in [2.75, 3.05) is 13.7 Å². The topological polar surface area (TPSA) is 64.2 Å². The standard InChI is InChI=1S/C13H14N2O3/c1-17-8-4-5-9-10(7-8)14-13(16)15-12(9)11-3-2-6-18-11/h4-5,7,11H,2-3,6H2,1H3,(H,14,15,16). The van der Waals surface area contributed by atoms with Crippen molar-refractivity contribution >= 4 is 10.9 Å². The van der Waals surface area contributed by atoms with Crippen LogP contribution in [-0.2, 0) is 4.74 Å². The van der Waals surface area contributed by atoms with Crippen LogP contribution in [0.25, 0.3) is 10.9 Å². The van der Waals surface area contributed by atoms with Crippen molar-refractivity contribution in [3.05, 3.63) is 34.4 Å². The highest BCUT2D eigenvalue weighted by Crippen LogP contribution is 2.31. The fourth-order valence-corrected chi connectivity index (χ4v) is 2.34. The lowest BCUT2D eigenvalue weighted by molar-refractivity contribution is 0.109. The highest BCUT2D eigenvalue weighted by molar-refractivity contribution is 5.82. The van der Waals surface area contributed by atoms with Gasteiger partial charge in [0.05, 0.1) is 24.4 Å². The van der Waals surface area contributed by atoms with Crippen LogP contribution in [0, 0.1) is 0 Å². The van der Waals surface area contributed by atoms with E-state index in [2.05, 4.69) is 9.97 Å². The van der Waals surface area contributed by atoms with Crippen LogP contribution in [0.1, 0.15) is 24.6 Å². The largest absolute Gasteiger partial charge is 0.497 e. The molecular weight excluding hydrogens is 232 g/mol. The minimum atomic E-state index is -0.346. The van der Waals surface area contributed by atoms with Crippen LogP contribution in [0.4, 0.5) is 0 Å². The number of benzene rings is 1. The third-order valence-corrected chi connectivity index (χ3v) is 3.21. The monoisotopic (exact) mass is 246 g/mol. The van der Waals surface area contributed by atoms with E-state index >= 15 is 0 Å². The number of methoxy groups -OCH3 is 1. The summed E-state index contributed by atoms with van der Waals surface area (Å²) in [6.07, 6.45) is 1.92. The van der Waals surface area contributed by atoms with Gasteiger partial charge in [0.15, 0.2) is 0 Å². The van der Waals surface area contributed by atoms with Crippen LogP contribution in [0.5, 0.6) is 5.75 Å². The van der Waals surface area contributed by atoms with Crippen molar-refractivity contribution in [2.45, 2.75) is 18.9 Å². The van der Waals surface area contributed by atoms with Crippen LogP contribution in [0.2, 0.25) is 0 Å². The van der Waals surface area contributed by atoms with Gasteiger partial charge in [-0.05, 0) is 25.0 Å². The molecule has 1 atom stereocenters. The second kappa shape index (κ2) is 4.42. The van der Waals surface area contributed by atoms with Gasteiger partial charge in [-0.25, -0.2) is 4.79 Å². The van der Waals surface area contributed by atoms with Crippen molar-refractivity contribution < 1.29 is 9.47 Å². The maximum absolute atomic E-state index is 11.6. The number of hydrogen-bond donors (Lipinski definition) is 1. The summed E-state index contributed by atoms with van der Waals surface area (Å²) in [5.74, 6) is 0.693. The first-order chi connectivity index (χ1) is 8.78. The fourth-order valence-electron chi connectivity index (χ4n) is 2.34. The molecule has 0 saturated carbocycles. The van der Waals surface area contributed by atoms with Gasteiger partial charge in [-0.1, -0.05) is 0 Å². The molecule has 3 rings (SSSR count). The normalized spacial score (nSPS) is 19.3. The number of hydrogen-bond acceptors (Lipinski definition) is 4. The smallest absolute Gasteiger partial charge is 0.345 e. The summed E-state index contributed by atoms with van der Waals surface area (Å²) >= 11 is 0. The number of nitrogens with zero attached hydrogens (tertiary/aromatic N) is 1. The second-order valence-electron chi connectivity index (χ2n) is 4.34. The van der Waals surface area contributed by atoms with Crippen LogP contribution in [-0.4, -0.2) is 23.7 Å². The van der Waals surface area contributed by atoms with Gasteiger partial charge in [-0.15, -0.1) is 0 Å². The van der Waals surface area contributed by atoms with Crippen LogP contribution >= 0.6 is 0 Å². The molecule has 1 aliphatic rings. The molecular formula is C13H14N2O3. The van der Waals surface area contributed by atoms with E-state index in [1.54, 1.807) is 13.2 Å². The summed E-state index contributed by atoms with van der Waals surface area (Å²) < 4.78 is 10.8. The minimum absolute atomic E-state index is 0.0309. The molecule has 1 aromatic heterocycles. The maximum Gasteiger partial charge on any atom is 0.345 e. The van der Waals surface area contributed by atoms with E-state index in [-0.39, 0.29) is 11.8 Å². The van der Waals surface area contributed by atoms with Crippen LogP contribution in [0.3, 0.4) is 0 Å². The van der Waals surface area contributed by atoms with E-state index in [0.29, 0.717) is 11.3 Å². The third-order valence-electron chi connectivity index (χ3n) is 3.21. The van der Waals surface area contributed by atoms with Crippen molar-refractivity contribution in [2.24, 2.45) is 0 Å². The molecule has 1 unspecified atom stereocenters. The second-order valence-corrected chi connectivity index (χ2v) is 4.34. The third kappa shape index (κ3) is 1.86. The highest BCUT2D eigenvalue weighted by Gasteiger charge is 2.21. The summed E-state index contributed by atoms with van der Waals surface area (Å²) in [5.41, 5.74) is 1.12. The van der Waals surface area contributed by atoms with Gasteiger partial charge in [-0.3, -0.25) is 0 Å². The van der Waals surface area contributed by atoms with Gasteiger partial charge in [0, 0.05) is 18.1 Å². The molecule has 1 aliphatic heterocycles. The Morgan fingerprint density at radius 2 is 2.39 bits per heavy atom. The molecule has 5 heteroatoms. The Kier molecular flexibility index (Phi) is 2.76. The van der Waals surface area contributed by atoms with Crippen LogP contribution in [0.15, 0.2) is 23.0 Å². The summed E-state index contributed by atoms with van der Waals surface area (Å²) in [4.78, 5) is 18.4. The Morgan fingerprint density at radius 1 is 1.50 bits per heavy atom. The Bertz CT molecular complexity index is 630. The zero-order valence-corrected chi connectivity index (χ0v) is 10.1. The van der Waals surface area contributed by atoms with Gasteiger partial charge >= 0.3 is 5.69 Å². The Hall–Kier alpha value is -1.88. The van der Waals surface area contributed by atoms with E-state index in [4.69, 9.17) is 9.47 Å². The molecule has 0 radical (unpaired) electrons.